The molecule has 1 aliphatic heterocycles. The van der Waals surface area contributed by atoms with Crippen molar-refractivity contribution in [2.75, 3.05) is 19.6 Å². The fourth-order valence-electron chi connectivity index (χ4n) is 2.34. The number of halogens is 2. The molecule has 0 radical (unpaired) electrons. The van der Waals surface area contributed by atoms with E-state index in [0.717, 1.165) is 32.0 Å². The second-order valence-corrected chi connectivity index (χ2v) is 5.38. The van der Waals surface area contributed by atoms with Gasteiger partial charge < -0.3 is 10.6 Å². The largest absolute Gasteiger partial charge is 0.351 e. The molecule has 19 heavy (non-hydrogen) atoms. The molecule has 1 heterocycles. The third kappa shape index (κ3) is 3.29. The van der Waals surface area contributed by atoms with Crippen molar-refractivity contribution in [3.8, 4) is 0 Å². The summed E-state index contributed by atoms with van der Waals surface area (Å²) in [5, 5.41) is 5.97. The van der Waals surface area contributed by atoms with Gasteiger partial charge in [-0.1, -0.05) is 13.0 Å². The molecule has 1 saturated heterocycles. The number of amides is 1. The van der Waals surface area contributed by atoms with Crippen molar-refractivity contribution < 1.29 is 13.6 Å². The molecule has 1 amide bonds. The Balaban J connectivity index is 1.99. The number of carbonyl (C=O) groups is 1. The average molecular weight is 268 g/mol. The number of benzene rings is 1. The van der Waals surface area contributed by atoms with Crippen molar-refractivity contribution in [1.82, 2.24) is 10.6 Å². The highest BCUT2D eigenvalue weighted by Gasteiger charge is 2.27. The summed E-state index contributed by atoms with van der Waals surface area (Å²) < 4.78 is 26.5. The summed E-state index contributed by atoms with van der Waals surface area (Å²) in [6.07, 6.45) is 2.06. The number of rotatable bonds is 3. The van der Waals surface area contributed by atoms with Crippen LogP contribution in [-0.4, -0.2) is 25.5 Å². The molecule has 0 spiro atoms. The first kappa shape index (κ1) is 13.9. The molecule has 2 rings (SSSR count). The molecule has 1 aliphatic rings. The van der Waals surface area contributed by atoms with Gasteiger partial charge in [-0.15, -0.1) is 0 Å². The quantitative estimate of drug-likeness (QED) is 0.881. The SMILES string of the molecule is CC1(CNC(=O)c2cccc(F)c2F)CCCNC1. The van der Waals surface area contributed by atoms with E-state index in [0.29, 0.717) is 6.54 Å². The zero-order valence-electron chi connectivity index (χ0n) is 10.9. The summed E-state index contributed by atoms with van der Waals surface area (Å²) in [5.74, 6) is -2.66. The van der Waals surface area contributed by atoms with Crippen molar-refractivity contribution >= 4 is 5.91 Å². The lowest BCUT2D eigenvalue weighted by molar-refractivity contribution is 0.0919. The van der Waals surface area contributed by atoms with Gasteiger partial charge in [0, 0.05) is 13.1 Å². The number of carbonyl (C=O) groups excluding carboxylic acids is 1. The van der Waals surface area contributed by atoms with Crippen LogP contribution in [0.1, 0.15) is 30.1 Å². The maximum atomic E-state index is 13.5. The van der Waals surface area contributed by atoms with Crippen molar-refractivity contribution in [2.45, 2.75) is 19.8 Å². The molecule has 2 N–H and O–H groups in total. The molecule has 0 saturated carbocycles. The smallest absolute Gasteiger partial charge is 0.254 e. The third-order valence-corrected chi connectivity index (χ3v) is 3.56. The van der Waals surface area contributed by atoms with E-state index < -0.39 is 17.5 Å². The minimum absolute atomic E-state index is 0.0300. The Morgan fingerprint density at radius 3 is 2.95 bits per heavy atom. The highest BCUT2D eigenvalue weighted by Crippen LogP contribution is 2.24. The van der Waals surface area contributed by atoms with E-state index >= 15 is 0 Å². The molecule has 0 bridgehead atoms. The zero-order chi connectivity index (χ0) is 13.9. The van der Waals surface area contributed by atoms with Crippen LogP contribution in [0.5, 0.6) is 0 Å². The van der Waals surface area contributed by atoms with Gasteiger partial charge in [-0.3, -0.25) is 4.79 Å². The van der Waals surface area contributed by atoms with Gasteiger partial charge in [0.15, 0.2) is 11.6 Å². The maximum Gasteiger partial charge on any atom is 0.254 e. The summed E-state index contributed by atoms with van der Waals surface area (Å²) in [4.78, 5) is 11.9. The van der Waals surface area contributed by atoms with Crippen LogP contribution in [0, 0.1) is 17.0 Å². The molecule has 1 atom stereocenters. The molecule has 1 fully saturated rings. The molecule has 104 valence electrons. The highest BCUT2D eigenvalue weighted by molar-refractivity contribution is 5.94. The first-order valence-electron chi connectivity index (χ1n) is 6.45. The molecule has 0 aliphatic carbocycles. The predicted molar refractivity (Wildman–Crippen MR) is 68.9 cm³/mol. The maximum absolute atomic E-state index is 13.5. The molecule has 5 heteroatoms. The van der Waals surface area contributed by atoms with Crippen molar-refractivity contribution in [1.29, 1.82) is 0 Å². The Labute approximate surface area is 111 Å². The Hall–Kier alpha value is -1.49. The molecule has 3 nitrogen and oxygen atoms in total. The van der Waals surface area contributed by atoms with E-state index in [4.69, 9.17) is 0 Å². The second-order valence-electron chi connectivity index (χ2n) is 5.38. The molecule has 1 aromatic carbocycles. The van der Waals surface area contributed by atoms with Crippen LogP contribution in [-0.2, 0) is 0 Å². The standard InChI is InChI=1S/C14H18F2N2O/c1-14(6-3-7-17-8-14)9-18-13(19)10-4-2-5-11(15)12(10)16/h2,4-5,17H,3,6-9H2,1H3,(H,18,19). The third-order valence-electron chi connectivity index (χ3n) is 3.56. The van der Waals surface area contributed by atoms with Gasteiger partial charge in [0.05, 0.1) is 5.56 Å². The van der Waals surface area contributed by atoms with Gasteiger partial charge in [0.25, 0.3) is 5.91 Å². The summed E-state index contributed by atoms with van der Waals surface area (Å²) in [6, 6.07) is 3.62. The lowest BCUT2D eigenvalue weighted by atomic mass is 9.83. The normalized spacial score (nSPS) is 23.1. The van der Waals surface area contributed by atoms with Crippen LogP contribution in [0.25, 0.3) is 0 Å². The van der Waals surface area contributed by atoms with Crippen molar-refractivity contribution in [3.63, 3.8) is 0 Å². The summed E-state index contributed by atoms with van der Waals surface area (Å²) in [7, 11) is 0. The van der Waals surface area contributed by atoms with E-state index in [9.17, 15) is 13.6 Å². The summed E-state index contributed by atoms with van der Waals surface area (Å²) in [6.45, 7) is 4.33. The van der Waals surface area contributed by atoms with Crippen molar-refractivity contribution in [2.24, 2.45) is 5.41 Å². The number of hydrogen-bond donors (Lipinski definition) is 2. The lowest BCUT2D eigenvalue weighted by Crippen LogP contribution is -2.45. The van der Waals surface area contributed by atoms with E-state index in [-0.39, 0.29) is 11.0 Å². The van der Waals surface area contributed by atoms with Gasteiger partial charge in [0.2, 0.25) is 0 Å². The van der Waals surface area contributed by atoms with Crippen LogP contribution >= 0.6 is 0 Å². The fraction of sp³-hybridized carbons (Fsp3) is 0.500. The fourth-order valence-corrected chi connectivity index (χ4v) is 2.34. The van der Waals surface area contributed by atoms with Crippen LogP contribution in [0.4, 0.5) is 8.78 Å². The zero-order valence-corrected chi connectivity index (χ0v) is 10.9. The molecule has 1 unspecified atom stereocenters. The first-order chi connectivity index (χ1) is 9.02. The van der Waals surface area contributed by atoms with Crippen LogP contribution < -0.4 is 10.6 Å². The number of piperidine rings is 1. The lowest BCUT2D eigenvalue weighted by Gasteiger charge is -2.34. The Kier molecular flexibility index (Phi) is 4.14. The summed E-state index contributed by atoms with van der Waals surface area (Å²) in [5.41, 5.74) is -0.273. The minimum atomic E-state index is -1.09. The van der Waals surface area contributed by atoms with Gasteiger partial charge in [-0.2, -0.15) is 0 Å². The van der Waals surface area contributed by atoms with E-state index in [1.54, 1.807) is 0 Å². The molecular weight excluding hydrogens is 250 g/mol. The predicted octanol–water partition coefficient (Wildman–Crippen LogP) is 2.08. The molecule has 1 aromatic rings. The number of nitrogens with one attached hydrogen (secondary N) is 2. The van der Waals surface area contributed by atoms with Crippen LogP contribution in [0.15, 0.2) is 18.2 Å². The van der Waals surface area contributed by atoms with Gasteiger partial charge in [0.1, 0.15) is 0 Å². The monoisotopic (exact) mass is 268 g/mol. The van der Waals surface area contributed by atoms with Gasteiger partial charge in [-0.25, -0.2) is 8.78 Å². The van der Waals surface area contributed by atoms with Crippen molar-refractivity contribution in [3.05, 3.63) is 35.4 Å². The van der Waals surface area contributed by atoms with E-state index in [1.807, 2.05) is 0 Å². The average Bonchev–Trinajstić information content (AvgIpc) is 2.40. The highest BCUT2D eigenvalue weighted by atomic mass is 19.2. The minimum Gasteiger partial charge on any atom is -0.351 e. The molecular formula is C14H18F2N2O. The Morgan fingerprint density at radius 1 is 1.47 bits per heavy atom. The van der Waals surface area contributed by atoms with Crippen LogP contribution in [0.3, 0.4) is 0 Å². The van der Waals surface area contributed by atoms with Crippen LogP contribution in [0.2, 0.25) is 0 Å². The van der Waals surface area contributed by atoms with E-state index in [2.05, 4.69) is 17.6 Å². The molecule has 0 aromatic heterocycles. The van der Waals surface area contributed by atoms with Gasteiger partial charge >= 0.3 is 0 Å². The van der Waals surface area contributed by atoms with E-state index in [1.165, 1.54) is 12.1 Å². The first-order valence-corrected chi connectivity index (χ1v) is 6.45. The van der Waals surface area contributed by atoms with Gasteiger partial charge in [-0.05, 0) is 36.9 Å². The Bertz CT molecular complexity index is 471. The second kappa shape index (κ2) is 5.65. The number of hydrogen-bond acceptors (Lipinski definition) is 2. The Morgan fingerprint density at radius 2 is 2.26 bits per heavy atom. The summed E-state index contributed by atoms with van der Waals surface area (Å²) >= 11 is 0. The topological polar surface area (TPSA) is 41.1 Å².